The predicted octanol–water partition coefficient (Wildman–Crippen LogP) is 14.8. The van der Waals surface area contributed by atoms with Gasteiger partial charge in [0.05, 0.1) is 29.6 Å². The standard InChI is InChI=1S/C52H32N4/c1-54-40-22-28-42(29-23-40)56(44-27-21-37-11-3-5-13-39(37)31-44)52-33-50-45-14-6-8-16-47(45)51(32-49(50)46-15-7-9-17-48(46)52)55(41-24-18-35(34-53)19-25-41)43-26-20-36-10-2-4-12-38(36)30-43/h2-33H. The predicted molar refractivity (Wildman–Crippen MR) is 234 cm³/mol. The van der Waals surface area contributed by atoms with Gasteiger partial charge in [0.25, 0.3) is 0 Å². The Kier molecular flexibility index (Phi) is 7.88. The number of hydrogen-bond acceptors (Lipinski definition) is 3. The number of rotatable bonds is 6. The Morgan fingerprint density at radius 3 is 1.21 bits per heavy atom. The van der Waals surface area contributed by atoms with Gasteiger partial charge in [-0.3, -0.25) is 0 Å². The molecule has 0 N–H and O–H groups in total. The van der Waals surface area contributed by atoms with Crippen molar-refractivity contribution < 1.29 is 0 Å². The van der Waals surface area contributed by atoms with Gasteiger partial charge in [-0.05, 0) is 116 Å². The Morgan fingerprint density at radius 2 is 0.768 bits per heavy atom. The summed E-state index contributed by atoms with van der Waals surface area (Å²) < 4.78 is 0. The van der Waals surface area contributed by atoms with E-state index in [4.69, 9.17) is 6.57 Å². The second-order valence-corrected chi connectivity index (χ2v) is 14.0. The molecule has 0 radical (unpaired) electrons. The van der Waals surface area contributed by atoms with Crippen molar-refractivity contribution in [3.63, 3.8) is 0 Å². The fourth-order valence-electron chi connectivity index (χ4n) is 8.13. The zero-order chi connectivity index (χ0) is 37.6. The minimum Gasteiger partial charge on any atom is -0.310 e. The zero-order valence-electron chi connectivity index (χ0n) is 30.3. The van der Waals surface area contributed by atoms with E-state index in [0.29, 0.717) is 11.3 Å². The molecule has 0 saturated carbocycles. The van der Waals surface area contributed by atoms with Crippen molar-refractivity contribution in [2.75, 3.05) is 9.80 Å². The average Bonchev–Trinajstić information content (AvgIpc) is 3.27. The maximum absolute atomic E-state index is 9.68. The Hall–Kier alpha value is -7.92. The lowest BCUT2D eigenvalue weighted by atomic mass is 9.93. The second kappa shape index (κ2) is 13.5. The first-order valence-corrected chi connectivity index (χ1v) is 18.6. The second-order valence-electron chi connectivity index (χ2n) is 14.0. The van der Waals surface area contributed by atoms with Gasteiger partial charge in [-0.2, -0.15) is 5.26 Å². The van der Waals surface area contributed by atoms with E-state index in [9.17, 15) is 5.26 Å². The normalized spacial score (nSPS) is 11.2. The third-order valence-electron chi connectivity index (χ3n) is 10.8. The van der Waals surface area contributed by atoms with E-state index in [0.717, 1.165) is 77.2 Å². The summed E-state index contributed by atoms with van der Waals surface area (Å²) in [5.74, 6) is 0. The molecule has 0 atom stereocenters. The molecule has 0 heterocycles. The van der Waals surface area contributed by atoms with E-state index in [1.54, 1.807) is 0 Å². The lowest BCUT2D eigenvalue weighted by Crippen LogP contribution is -2.12. The highest BCUT2D eigenvalue weighted by atomic mass is 15.2. The minimum absolute atomic E-state index is 0.604. The number of benzene rings is 10. The van der Waals surface area contributed by atoms with Gasteiger partial charge in [0.2, 0.25) is 0 Å². The molecule has 10 aromatic carbocycles. The summed E-state index contributed by atoms with van der Waals surface area (Å²) in [7, 11) is 0. The van der Waals surface area contributed by atoms with Crippen molar-refractivity contribution in [1.29, 1.82) is 5.26 Å². The summed E-state index contributed by atoms with van der Waals surface area (Å²) in [6.45, 7) is 7.62. The Morgan fingerprint density at radius 1 is 0.375 bits per heavy atom. The van der Waals surface area contributed by atoms with Crippen LogP contribution in [-0.4, -0.2) is 0 Å². The van der Waals surface area contributed by atoms with Crippen molar-refractivity contribution in [2.24, 2.45) is 0 Å². The number of hydrogen-bond donors (Lipinski definition) is 0. The highest BCUT2D eigenvalue weighted by Gasteiger charge is 2.22. The fraction of sp³-hybridized carbons (Fsp3) is 0. The minimum atomic E-state index is 0.604. The van der Waals surface area contributed by atoms with Gasteiger partial charge >= 0.3 is 0 Å². The van der Waals surface area contributed by atoms with E-state index >= 15 is 0 Å². The first-order chi connectivity index (χ1) is 27.7. The van der Waals surface area contributed by atoms with Crippen LogP contribution in [0.25, 0.3) is 58.7 Å². The maximum Gasteiger partial charge on any atom is 0.187 e. The molecule has 56 heavy (non-hydrogen) atoms. The van der Waals surface area contributed by atoms with Crippen LogP contribution in [0.5, 0.6) is 0 Å². The van der Waals surface area contributed by atoms with E-state index in [1.807, 2.05) is 48.5 Å². The third kappa shape index (κ3) is 5.53. The molecule has 0 aliphatic rings. The molecular formula is C52H32N4. The van der Waals surface area contributed by atoms with Crippen LogP contribution in [0.1, 0.15) is 5.56 Å². The molecule has 0 bridgehead atoms. The third-order valence-corrected chi connectivity index (χ3v) is 10.8. The first-order valence-electron chi connectivity index (χ1n) is 18.6. The molecule has 0 unspecified atom stereocenters. The largest absolute Gasteiger partial charge is 0.310 e. The van der Waals surface area contributed by atoms with E-state index in [-0.39, 0.29) is 0 Å². The molecule has 0 spiro atoms. The molecule has 0 amide bonds. The number of fused-ring (bicyclic) bond motifs is 7. The Balaban J connectivity index is 1.27. The van der Waals surface area contributed by atoms with Crippen LogP contribution in [0.2, 0.25) is 0 Å². The van der Waals surface area contributed by atoms with Crippen LogP contribution < -0.4 is 9.80 Å². The van der Waals surface area contributed by atoms with Gasteiger partial charge in [0.1, 0.15) is 0 Å². The van der Waals surface area contributed by atoms with Gasteiger partial charge in [-0.25, -0.2) is 4.85 Å². The van der Waals surface area contributed by atoms with Crippen LogP contribution in [0.4, 0.5) is 39.8 Å². The highest BCUT2D eigenvalue weighted by Crippen LogP contribution is 2.48. The van der Waals surface area contributed by atoms with E-state index in [2.05, 4.69) is 166 Å². The number of nitriles is 1. The van der Waals surface area contributed by atoms with E-state index < -0.39 is 0 Å². The summed E-state index contributed by atoms with van der Waals surface area (Å²) in [6, 6.07) is 70.1. The summed E-state index contributed by atoms with van der Waals surface area (Å²) in [5, 5.41) is 21.1. The number of nitrogens with zero attached hydrogens (tertiary/aromatic N) is 4. The van der Waals surface area contributed by atoms with Crippen LogP contribution in [0.15, 0.2) is 194 Å². The van der Waals surface area contributed by atoms with Crippen molar-refractivity contribution in [2.45, 2.75) is 0 Å². The SMILES string of the molecule is [C-]#[N+]c1ccc(N(c2ccc3ccccc3c2)c2cc3c4ccccc4c(N(c4ccc(C#N)cc4)c4ccc5ccccc5c4)cc3c3ccccc23)cc1. The number of anilines is 6. The Labute approximate surface area is 324 Å². The monoisotopic (exact) mass is 712 g/mol. The molecule has 260 valence electrons. The highest BCUT2D eigenvalue weighted by molar-refractivity contribution is 6.24. The molecule has 0 saturated heterocycles. The van der Waals surface area contributed by atoms with Crippen LogP contribution >= 0.6 is 0 Å². The summed E-state index contributed by atoms with van der Waals surface area (Å²) in [4.78, 5) is 8.33. The molecule has 0 aliphatic carbocycles. The Bertz CT molecular complexity index is 3000. The summed E-state index contributed by atoms with van der Waals surface area (Å²) in [5.41, 5.74) is 7.33. The van der Waals surface area contributed by atoms with Crippen LogP contribution in [0, 0.1) is 17.9 Å². The molecule has 10 rings (SSSR count). The lowest BCUT2D eigenvalue weighted by molar-refractivity contribution is 1.30. The van der Waals surface area contributed by atoms with Crippen molar-refractivity contribution >= 4 is 93.7 Å². The molecule has 0 aliphatic heterocycles. The van der Waals surface area contributed by atoms with Crippen molar-refractivity contribution in [3.8, 4) is 6.07 Å². The first kappa shape index (κ1) is 32.7. The van der Waals surface area contributed by atoms with Gasteiger partial charge < -0.3 is 9.80 Å². The van der Waals surface area contributed by atoms with E-state index in [1.165, 1.54) is 10.8 Å². The van der Waals surface area contributed by atoms with Crippen LogP contribution in [-0.2, 0) is 0 Å². The smallest absolute Gasteiger partial charge is 0.187 e. The fourth-order valence-corrected chi connectivity index (χ4v) is 8.13. The molecular weight excluding hydrogens is 681 g/mol. The van der Waals surface area contributed by atoms with Gasteiger partial charge in [-0.15, -0.1) is 0 Å². The maximum atomic E-state index is 9.68. The zero-order valence-corrected chi connectivity index (χ0v) is 30.3. The molecule has 10 aromatic rings. The summed E-state index contributed by atoms with van der Waals surface area (Å²) in [6.07, 6.45) is 0. The van der Waals surface area contributed by atoms with Crippen molar-refractivity contribution in [3.05, 3.63) is 211 Å². The van der Waals surface area contributed by atoms with Crippen molar-refractivity contribution in [1.82, 2.24) is 0 Å². The lowest BCUT2D eigenvalue weighted by Gasteiger charge is -2.30. The average molecular weight is 713 g/mol. The van der Waals surface area contributed by atoms with Gasteiger partial charge in [0.15, 0.2) is 5.69 Å². The summed E-state index contributed by atoms with van der Waals surface area (Å²) >= 11 is 0. The molecule has 4 heteroatoms. The molecule has 4 nitrogen and oxygen atoms in total. The quantitative estimate of drug-likeness (QED) is 0.127. The van der Waals surface area contributed by atoms with Crippen LogP contribution in [0.3, 0.4) is 0 Å². The molecule has 0 aromatic heterocycles. The van der Waals surface area contributed by atoms with Gasteiger partial charge in [-0.1, -0.05) is 121 Å². The molecule has 0 fully saturated rings. The topological polar surface area (TPSA) is 34.6 Å². The van der Waals surface area contributed by atoms with Gasteiger partial charge in [0, 0.05) is 33.5 Å².